The van der Waals surface area contributed by atoms with Gasteiger partial charge in [-0.25, -0.2) is 0 Å². The van der Waals surface area contributed by atoms with Crippen LogP contribution in [0.4, 0.5) is 0 Å². The Labute approximate surface area is 67.4 Å². The van der Waals surface area contributed by atoms with Crippen molar-refractivity contribution in [1.82, 2.24) is 10.6 Å². The summed E-state index contributed by atoms with van der Waals surface area (Å²) in [5.41, 5.74) is 1.50. The van der Waals surface area contributed by atoms with Gasteiger partial charge in [-0.1, -0.05) is 6.08 Å². The van der Waals surface area contributed by atoms with Gasteiger partial charge >= 0.3 is 0 Å². The molecule has 0 aromatic rings. The Hall–Kier alpha value is -0.760. The first kappa shape index (κ1) is 6.92. The molecule has 2 aliphatic rings. The van der Waals surface area contributed by atoms with Crippen LogP contribution >= 0.6 is 0 Å². The third kappa shape index (κ3) is 1.46. The standard InChI is InChI=1S/C9H13N2/c1-2-8-3-6-10-7-4-9(8)11-5-1/h2,5,9-11H,3-4,6-7H2. The molecular formula is C9H13N2. The van der Waals surface area contributed by atoms with Gasteiger partial charge in [0.2, 0.25) is 0 Å². The van der Waals surface area contributed by atoms with E-state index in [1.165, 1.54) is 18.4 Å². The summed E-state index contributed by atoms with van der Waals surface area (Å²) in [6.07, 6.45) is 9.48. The lowest BCUT2D eigenvalue weighted by Gasteiger charge is -2.19. The fraction of sp³-hybridized carbons (Fsp3) is 0.556. The van der Waals surface area contributed by atoms with Gasteiger partial charge in [-0.3, -0.25) is 0 Å². The fourth-order valence-corrected chi connectivity index (χ4v) is 1.62. The molecule has 2 rings (SSSR count). The Kier molecular flexibility index (Phi) is 1.95. The zero-order valence-corrected chi connectivity index (χ0v) is 6.56. The van der Waals surface area contributed by atoms with E-state index in [9.17, 15) is 0 Å². The number of allylic oxidation sites excluding steroid dienone is 2. The van der Waals surface area contributed by atoms with Crippen LogP contribution in [0.1, 0.15) is 12.8 Å². The van der Waals surface area contributed by atoms with E-state index in [0.717, 1.165) is 13.1 Å². The first-order valence-electron chi connectivity index (χ1n) is 4.20. The molecule has 2 N–H and O–H groups in total. The number of hydrogen-bond acceptors (Lipinski definition) is 2. The maximum Gasteiger partial charge on any atom is 0.0484 e. The highest BCUT2D eigenvalue weighted by Gasteiger charge is 2.16. The zero-order valence-electron chi connectivity index (χ0n) is 6.56. The van der Waals surface area contributed by atoms with Crippen molar-refractivity contribution in [2.45, 2.75) is 18.9 Å². The lowest BCUT2D eigenvalue weighted by atomic mass is 10.0. The minimum absolute atomic E-state index is 0.575. The largest absolute Gasteiger partial charge is 0.384 e. The summed E-state index contributed by atoms with van der Waals surface area (Å²) in [5.74, 6) is 0. The van der Waals surface area contributed by atoms with Crippen molar-refractivity contribution in [3.8, 4) is 0 Å². The SMILES string of the molecule is [C]1=CNC2CCNCCC2=C1. The Morgan fingerprint density at radius 1 is 1.45 bits per heavy atom. The highest BCUT2D eigenvalue weighted by Crippen LogP contribution is 2.15. The van der Waals surface area contributed by atoms with Crippen molar-refractivity contribution >= 4 is 0 Å². The molecule has 0 aromatic heterocycles. The Morgan fingerprint density at radius 3 is 3.45 bits per heavy atom. The van der Waals surface area contributed by atoms with Crippen LogP contribution in [0.25, 0.3) is 0 Å². The highest BCUT2D eigenvalue weighted by molar-refractivity contribution is 5.20. The van der Waals surface area contributed by atoms with E-state index in [1.807, 2.05) is 6.20 Å². The fourth-order valence-electron chi connectivity index (χ4n) is 1.62. The van der Waals surface area contributed by atoms with Crippen molar-refractivity contribution < 1.29 is 0 Å². The van der Waals surface area contributed by atoms with Crippen LogP contribution < -0.4 is 10.6 Å². The van der Waals surface area contributed by atoms with Gasteiger partial charge in [-0.05, 0) is 37.6 Å². The summed E-state index contributed by atoms with van der Waals surface area (Å²) in [5, 5.41) is 6.70. The maximum absolute atomic E-state index is 3.38. The van der Waals surface area contributed by atoms with Crippen molar-refractivity contribution in [3.05, 3.63) is 23.9 Å². The van der Waals surface area contributed by atoms with E-state index in [-0.39, 0.29) is 0 Å². The number of dihydropyridines is 1. The minimum Gasteiger partial charge on any atom is -0.384 e. The lowest BCUT2D eigenvalue weighted by Crippen LogP contribution is -2.29. The van der Waals surface area contributed by atoms with E-state index in [2.05, 4.69) is 22.8 Å². The average molecular weight is 149 g/mol. The van der Waals surface area contributed by atoms with Crippen molar-refractivity contribution in [2.75, 3.05) is 13.1 Å². The summed E-state index contributed by atoms with van der Waals surface area (Å²) in [4.78, 5) is 0. The van der Waals surface area contributed by atoms with Crippen molar-refractivity contribution in [3.63, 3.8) is 0 Å². The van der Waals surface area contributed by atoms with E-state index < -0.39 is 0 Å². The van der Waals surface area contributed by atoms with E-state index >= 15 is 0 Å². The van der Waals surface area contributed by atoms with Crippen LogP contribution in [0.2, 0.25) is 0 Å². The molecule has 1 radical (unpaired) electrons. The molecule has 1 saturated heterocycles. The number of nitrogens with one attached hydrogen (secondary N) is 2. The van der Waals surface area contributed by atoms with Crippen molar-refractivity contribution in [2.24, 2.45) is 0 Å². The Morgan fingerprint density at radius 2 is 2.45 bits per heavy atom. The van der Waals surface area contributed by atoms with Crippen LogP contribution in [-0.2, 0) is 0 Å². The number of hydrogen-bond donors (Lipinski definition) is 2. The smallest absolute Gasteiger partial charge is 0.0484 e. The van der Waals surface area contributed by atoms with Gasteiger partial charge in [0.05, 0.1) is 0 Å². The molecule has 1 atom stereocenters. The van der Waals surface area contributed by atoms with Gasteiger partial charge in [0.25, 0.3) is 0 Å². The molecule has 0 amide bonds. The molecule has 11 heavy (non-hydrogen) atoms. The molecule has 0 bridgehead atoms. The highest BCUT2D eigenvalue weighted by atomic mass is 14.9. The van der Waals surface area contributed by atoms with Crippen LogP contribution in [0.5, 0.6) is 0 Å². The Bertz CT molecular complexity index is 194. The summed E-state index contributed by atoms with van der Waals surface area (Å²) < 4.78 is 0. The second kappa shape index (κ2) is 3.09. The monoisotopic (exact) mass is 149 g/mol. The van der Waals surface area contributed by atoms with Gasteiger partial charge in [-0.15, -0.1) is 0 Å². The first-order valence-corrected chi connectivity index (χ1v) is 4.20. The van der Waals surface area contributed by atoms with Gasteiger partial charge in [0, 0.05) is 12.2 Å². The summed E-state index contributed by atoms with van der Waals surface area (Å²) >= 11 is 0. The second-order valence-electron chi connectivity index (χ2n) is 3.04. The topological polar surface area (TPSA) is 24.1 Å². The molecule has 0 aliphatic carbocycles. The van der Waals surface area contributed by atoms with Gasteiger partial charge in [0.1, 0.15) is 0 Å². The molecule has 0 saturated carbocycles. The molecule has 2 heteroatoms. The summed E-state index contributed by atoms with van der Waals surface area (Å²) in [6, 6.07) is 0.575. The van der Waals surface area contributed by atoms with E-state index in [0.29, 0.717) is 6.04 Å². The Balaban J connectivity index is 2.11. The molecule has 2 aliphatic heterocycles. The maximum atomic E-state index is 3.38. The molecule has 0 aromatic carbocycles. The molecule has 1 fully saturated rings. The number of fused-ring (bicyclic) bond motifs is 1. The van der Waals surface area contributed by atoms with Gasteiger partial charge in [-0.2, -0.15) is 0 Å². The van der Waals surface area contributed by atoms with Crippen LogP contribution in [-0.4, -0.2) is 19.1 Å². The predicted molar refractivity (Wildman–Crippen MR) is 44.9 cm³/mol. The summed E-state index contributed by atoms with van der Waals surface area (Å²) in [7, 11) is 0. The third-order valence-corrected chi connectivity index (χ3v) is 2.28. The van der Waals surface area contributed by atoms with Gasteiger partial charge in [0.15, 0.2) is 0 Å². The van der Waals surface area contributed by atoms with Crippen LogP contribution in [0.15, 0.2) is 17.8 Å². The van der Waals surface area contributed by atoms with Crippen LogP contribution in [0, 0.1) is 6.08 Å². The minimum atomic E-state index is 0.575. The molecule has 2 heterocycles. The van der Waals surface area contributed by atoms with Gasteiger partial charge < -0.3 is 10.6 Å². The molecule has 59 valence electrons. The third-order valence-electron chi connectivity index (χ3n) is 2.28. The first-order chi connectivity index (χ1) is 5.47. The normalized spacial score (nSPS) is 29.8. The molecule has 2 nitrogen and oxygen atoms in total. The van der Waals surface area contributed by atoms with Crippen LogP contribution in [0.3, 0.4) is 0 Å². The average Bonchev–Trinajstić information content (AvgIpc) is 2.28. The molecule has 1 unspecified atom stereocenters. The van der Waals surface area contributed by atoms with Crippen molar-refractivity contribution in [1.29, 1.82) is 0 Å². The number of rotatable bonds is 0. The predicted octanol–water partition coefficient (Wildman–Crippen LogP) is 0.585. The second-order valence-corrected chi connectivity index (χ2v) is 3.04. The van der Waals surface area contributed by atoms with E-state index in [4.69, 9.17) is 0 Å². The van der Waals surface area contributed by atoms with E-state index in [1.54, 1.807) is 0 Å². The molecule has 0 spiro atoms. The molecular weight excluding hydrogens is 136 g/mol. The quantitative estimate of drug-likeness (QED) is 0.526. The summed E-state index contributed by atoms with van der Waals surface area (Å²) in [6.45, 7) is 2.24. The zero-order chi connectivity index (χ0) is 7.52. The lowest BCUT2D eigenvalue weighted by molar-refractivity contribution is 0.601.